The van der Waals surface area contributed by atoms with Crippen LogP contribution in [0.3, 0.4) is 0 Å². The standard InChI is InChI=1S/C14H18F3NOS/c1-2-18-9-11-7-8-19-13(11)10-3-5-12(6-4-10)20-14(15,16)17/h3-6,11,13,18H,2,7-9H2,1H3. The Balaban J connectivity index is 2.01. The summed E-state index contributed by atoms with van der Waals surface area (Å²) >= 11 is -0.0865. The third-order valence-electron chi connectivity index (χ3n) is 3.31. The predicted molar refractivity (Wildman–Crippen MR) is 73.7 cm³/mol. The van der Waals surface area contributed by atoms with Crippen molar-refractivity contribution in [3.8, 4) is 0 Å². The number of halogens is 3. The van der Waals surface area contributed by atoms with Crippen LogP contribution in [0.4, 0.5) is 13.2 Å². The molecule has 112 valence electrons. The molecule has 0 aliphatic carbocycles. The maximum atomic E-state index is 12.3. The van der Waals surface area contributed by atoms with Crippen LogP contribution in [-0.4, -0.2) is 25.2 Å². The topological polar surface area (TPSA) is 21.3 Å². The van der Waals surface area contributed by atoms with Gasteiger partial charge in [-0.2, -0.15) is 13.2 Å². The molecular weight excluding hydrogens is 287 g/mol. The second kappa shape index (κ2) is 6.83. The molecule has 2 unspecified atom stereocenters. The number of hydrogen-bond acceptors (Lipinski definition) is 3. The zero-order valence-electron chi connectivity index (χ0n) is 11.2. The summed E-state index contributed by atoms with van der Waals surface area (Å²) in [5.74, 6) is 0.385. The van der Waals surface area contributed by atoms with E-state index in [0.29, 0.717) is 12.5 Å². The molecule has 0 radical (unpaired) electrons. The third-order valence-corrected chi connectivity index (χ3v) is 4.05. The summed E-state index contributed by atoms with van der Waals surface area (Å²) in [6.07, 6.45) is 0.968. The van der Waals surface area contributed by atoms with Gasteiger partial charge in [0.1, 0.15) is 0 Å². The molecule has 1 fully saturated rings. The van der Waals surface area contributed by atoms with Gasteiger partial charge in [0, 0.05) is 24.0 Å². The Bertz CT molecular complexity index is 421. The SMILES string of the molecule is CCNCC1CCOC1c1ccc(SC(F)(F)F)cc1. The van der Waals surface area contributed by atoms with E-state index in [4.69, 9.17) is 4.74 Å². The van der Waals surface area contributed by atoms with E-state index in [1.54, 1.807) is 12.1 Å². The number of rotatable bonds is 5. The molecule has 2 atom stereocenters. The van der Waals surface area contributed by atoms with E-state index in [-0.39, 0.29) is 22.8 Å². The first kappa shape index (κ1) is 15.7. The Hall–Kier alpha value is -0.720. The molecule has 1 heterocycles. The number of benzene rings is 1. The van der Waals surface area contributed by atoms with Gasteiger partial charge >= 0.3 is 5.51 Å². The quantitative estimate of drug-likeness (QED) is 0.831. The molecule has 2 rings (SSSR count). The molecule has 1 aromatic rings. The second-order valence-corrected chi connectivity index (χ2v) is 5.90. The van der Waals surface area contributed by atoms with Crippen LogP contribution in [0.15, 0.2) is 29.2 Å². The lowest BCUT2D eigenvalue weighted by atomic mass is 9.95. The van der Waals surface area contributed by atoms with Gasteiger partial charge in [-0.1, -0.05) is 19.1 Å². The van der Waals surface area contributed by atoms with Gasteiger partial charge in [-0.15, -0.1) is 0 Å². The van der Waals surface area contributed by atoms with Crippen LogP contribution in [0, 0.1) is 5.92 Å². The van der Waals surface area contributed by atoms with Gasteiger partial charge in [-0.05, 0) is 42.4 Å². The van der Waals surface area contributed by atoms with Crippen molar-refractivity contribution >= 4 is 11.8 Å². The molecule has 20 heavy (non-hydrogen) atoms. The summed E-state index contributed by atoms with van der Waals surface area (Å²) in [4.78, 5) is 0.211. The first-order chi connectivity index (χ1) is 9.49. The molecule has 0 aromatic heterocycles. The summed E-state index contributed by atoms with van der Waals surface area (Å²) in [7, 11) is 0. The third kappa shape index (κ3) is 4.40. The fourth-order valence-corrected chi connectivity index (χ4v) is 2.94. The van der Waals surface area contributed by atoms with E-state index in [1.807, 2.05) is 6.92 Å². The fraction of sp³-hybridized carbons (Fsp3) is 0.571. The molecule has 1 aromatic carbocycles. The maximum Gasteiger partial charge on any atom is 0.446 e. The predicted octanol–water partition coefficient (Wildman–Crippen LogP) is 3.99. The lowest BCUT2D eigenvalue weighted by Crippen LogP contribution is -2.24. The average Bonchev–Trinajstić information content (AvgIpc) is 2.83. The normalized spacial score (nSPS) is 23.2. The Morgan fingerprint density at radius 3 is 2.60 bits per heavy atom. The van der Waals surface area contributed by atoms with Crippen LogP contribution in [0.5, 0.6) is 0 Å². The van der Waals surface area contributed by atoms with Crippen LogP contribution in [0.2, 0.25) is 0 Å². The summed E-state index contributed by atoms with van der Waals surface area (Å²) in [6, 6.07) is 6.50. The Kier molecular flexibility index (Phi) is 5.35. The van der Waals surface area contributed by atoms with Gasteiger partial charge in [-0.3, -0.25) is 0 Å². The molecule has 1 saturated heterocycles. The van der Waals surface area contributed by atoms with E-state index < -0.39 is 5.51 Å². The van der Waals surface area contributed by atoms with Crippen molar-refractivity contribution in [2.24, 2.45) is 5.92 Å². The number of hydrogen-bond donors (Lipinski definition) is 1. The monoisotopic (exact) mass is 305 g/mol. The minimum absolute atomic E-state index is 0.0148. The van der Waals surface area contributed by atoms with Crippen LogP contribution < -0.4 is 5.32 Å². The molecule has 1 N–H and O–H groups in total. The molecule has 0 saturated carbocycles. The molecule has 6 heteroatoms. The average molecular weight is 305 g/mol. The first-order valence-electron chi connectivity index (χ1n) is 6.67. The minimum atomic E-state index is -4.24. The van der Waals surface area contributed by atoms with Crippen LogP contribution >= 0.6 is 11.8 Å². The maximum absolute atomic E-state index is 12.3. The Morgan fingerprint density at radius 2 is 2.00 bits per heavy atom. The lowest BCUT2D eigenvalue weighted by Gasteiger charge is -2.19. The zero-order chi connectivity index (χ0) is 14.6. The van der Waals surface area contributed by atoms with E-state index in [2.05, 4.69) is 5.32 Å². The van der Waals surface area contributed by atoms with E-state index >= 15 is 0 Å². The van der Waals surface area contributed by atoms with Gasteiger partial charge in [0.25, 0.3) is 0 Å². The molecule has 0 bridgehead atoms. The summed E-state index contributed by atoms with van der Waals surface area (Å²) in [5, 5.41) is 3.30. The number of nitrogens with one attached hydrogen (secondary N) is 1. The summed E-state index contributed by atoms with van der Waals surface area (Å²) in [6.45, 7) is 4.54. The van der Waals surface area contributed by atoms with Crippen LogP contribution in [-0.2, 0) is 4.74 Å². The van der Waals surface area contributed by atoms with Crippen molar-refractivity contribution in [2.75, 3.05) is 19.7 Å². The molecule has 2 nitrogen and oxygen atoms in total. The highest BCUT2D eigenvalue weighted by atomic mass is 32.2. The minimum Gasteiger partial charge on any atom is -0.373 e. The van der Waals surface area contributed by atoms with Gasteiger partial charge in [0.15, 0.2) is 0 Å². The highest BCUT2D eigenvalue weighted by Crippen LogP contribution is 2.39. The van der Waals surface area contributed by atoms with Crippen molar-refractivity contribution in [3.63, 3.8) is 0 Å². The molecule has 0 amide bonds. The van der Waals surface area contributed by atoms with Crippen molar-refractivity contribution < 1.29 is 17.9 Å². The number of alkyl halides is 3. The highest BCUT2D eigenvalue weighted by molar-refractivity contribution is 8.00. The molecule has 1 aliphatic rings. The largest absolute Gasteiger partial charge is 0.446 e. The lowest BCUT2D eigenvalue weighted by molar-refractivity contribution is -0.0328. The van der Waals surface area contributed by atoms with Gasteiger partial charge in [-0.25, -0.2) is 0 Å². The number of ether oxygens (including phenoxy) is 1. The smallest absolute Gasteiger partial charge is 0.373 e. The van der Waals surface area contributed by atoms with Gasteiger partial charge < -0.3 is 10.1 Å². The summed E-state index contributed by atoms with van der Waals surface area (Å²) in [5.41, 5.74) is -3.28. The molecular formula is C14H18F3NOS. The van der Waals surface area contributed by atoms with Crippen molar-refractivity contribution in [1.82, 2.24) is 5.32 Å². The zero-order valence-corrected chi connectivity index (χ0v) is 12.1. The first-order valence-corrected chi connectivity index (χ1v) is 7.49. The van der Waals surface area contributed by atoms with E-state index in [9.17, 15) is 13.2 Å². The highest BCUT2D eigenvalue weighted by Gasteiger charge is 2.31. The van der Waals surface area contributed by atoms with E-state index in [0.717, 1.165) is 25.1 Å². The molecule has 0 spiro atoms. The van der Waals surface area contributed by atoms with E-state index in [1.165, 1.54) is 12.1 Å². The Labute approximate surface area is 121 Å². The Morgan fingerprint density at radius 1 is 1.30 bits per heavy atom. The van der Waals surface area contributed by atoms with Gasteiger partial charge in [0.2, 0.25) is 0 Å². The van der Waals surface area contributed by atoms with Gasteiger partial charge in [0.05, 0.1) is 6.10 Å². The van der Waals surface area contributed by atoms with Crippen molar-refractivity contribution in [1.29, 1.82) is 0 Å². The number of thioether (sulfide) groups is 1. The fourth-order valence-electron chi connectivity index (χ4n) is 2.40. The van der Waals surface area contributed by atoms with Crippen molar-refractivity contribution in [2.45, 2.75) is 29.9 Å². The van der Waals surface area contributed by atoms with Crippen LogP contribution in [0.25, 0.3) is 0 Å². The molecule has 1 aliphatic heterocycles. The van der Waals surface area contributed by atoms with Crippen LogP contribution in [0.1, 0.15) is 25.0 Å². The summed E-state index contributed by atoms with van der Waals surface area (Å²) < 4.78 is 42.5. The second-order valence-electron chi connectivity index (χ2n) is 4.76. The van der Waals surface area contributed by atoms with Crippen molar-refractivity contribution in [3.05, 3.63) is 29.8 Å².